The molecule has 0 saturated carbocycles. The van der Waals surface area contributed by atoms with Crippen molar-refractivity contribution in [1.82, 2.24) is 5.43 Å². The van der Waals surface area contributed by atoms with Gasteiger partial charge in [0, 0.05) is 32.5 Å². The van der Waals surface area contributed by atoms with Gasteiger partial charge in [0.2, 0.25) is 0 Å². The molecule has 3 aromatic rings. The normalized spacial score (nSPS) is 10.9. The summed E-state index contributed by atoms with van der Waals surface area (Å²) < 4.78 is 0. The number of hydrogen-bond acceptors (Lipinski definition) is 5. The summed E-state index contributed by atoms with van der Waals surface area (Å²) in [5.74, 6) is -0.522. The van der Waals surface area contributed by atoms with E-state index in [9.17, 15) is 14.9 Å². The Morgan fingerprint density at radius 3 is 2.50 bits per heavy atom. The van der Waals surface area contributed by atoms with Gasteiger partial charge in [-0.05, 0) is 43.3 Å². The number of nitrogens with zero attached hydrogens (tertiary/aromatic N) is 2. The van der Waals surface area contributed by atoms with Gasteiger partial charge in [-0.15, -0.1) is 0 Å². The minimum atomic E-state index is -0.522. The highest BCUT2D eigenvalue weighted by Gasteiger charge is 2.12. The summed E-state index contributed by atoms with van der Waals surface area (Å²) >= 11 is 13.3. The number of carbonyl (C=O) groups is 1. The number of nitro groups is 1. The molecule has 0 saturated heterocycles. The van der Waals surface area contributed by atoms with Crippen molar-refractivity contribution in [3.63, 3.8) is 0 Å². The molecule has 0 unspecified atom stereocenters. The van der Waals surface area contributed by atoms with Crippen molar-refractivity contribution in [3.05, 3.63) is 97.5 Å². The molecule has 0 aliphatic carbocycles. The minimum absolute atomic E-state index is 0.0724. The van der Waals surface area contributed by atoms with Gasteiger partial charge < -0.3 is 0 Å². The number of halogens is 2. The van der Waals surface area contributed by atoms with Crippen LogP contribution in [0.4, 0.5) is 5.69 Å². The highest BCUT2D eigenvalue weighted by Crippen LogP contribution is 2.32. The van der Waals surface area contributed by atoms with Gasteiger partial charge >= 0.3 is 0 Å². The summed E-state index contributed by atoms with van der Waals surface area (Å²) in [5.41, 5.74) is 4.15. The quantitative estimate of drug-likeness (QED) is 0.273. The molecule has 3 aromatic carbocycles. The van der Waals surface area contributed by atoms with Gasteiger partial charge in [-0.25, -0.2) is 5.43 Å². The summed E-state index contributed by atoms with van der Waals surface area (Å²) in [6.07, 6.45) is 1.37. The zero-order valence-corrected chi connectivity index (χ0v) is 18.0. The molecular formula is C21H15Cl2N3O3S. The fourth-order valence-corrected chi connectivity index (χ4v) is 3.86. The van der Waals surface area contributed by atoms with Gasteiger partial charge in [0.1, 0.15) is 0 Å². The predicted molar refractivity (Wildman–Crippen MR) is 120 cm³/mol. The maximum Gasteiger partial charge on any atom is 0.272 e. The van der Waals surface area contributed by atoms with Crippen LogP contribution in [-0.2, 0) is 0 Å². The zero-order chi connectivity index (χ0) is 21.7. The van der Waals surface area contributed by atoms with Crippen LogP contribution in [0.15, 0.2) is 75.6 Å². The number of amides is 1. The van der Waals surface area contributed by atoms with Gasteiger partial charge in [0.25, 0.3) is 11.6 Å². The van der Waals surface area contributed by atoms with Crippen molar-refractivity contribution in [3.8, 4) is 0 Å². The van der Waals surface area contributed by atoms with E-state index in [0.29, 0.717) is 10.6 Å². The Kier molecular flexibility index (Phi) is 7.10. The number of nitro benzene ring substituents is 1. The first-order valence-electron chi connectivity index (χ1n) is 8.65. The molecule has 6 nitrogen and oxygen atoms in total. The number of rotatable bonds is 6. The highest BCUT2D eigenvalue weighted by molar-refractivity contribution is 7.99. The molecule has 0 bridgehead atoms. The Bertz CT molecular complexity index is 1130. The van der Waals surface area contributed by atoms with Crippen LogP contribution < -0.4 is 5.43 Å². The second-order valence-corrected chi connectivity index (χ2v) is 8.18. The largest absolute Gasteiger partial charge is 0.272 e. The van der Waals surface area contributed by atoms with Crippen LogP contribution in [0.25, 0.3) is 0 Å². The Balaban J connectivity index is 1.83. The SMILES string of the molecule is Cc1ccc(Sc2ccc([N+](=O)[O-])cc2/C=N/NC(=O)c2ccc(Cl)cc2Cl)cc1. The number of aryl methyl sites for hydroxylation is 1. The second kappa shape index (κ2) is 9.75. The molecule has 9 heteroatoms. The van der Waals surface area contributed by atoms with Crippen LogP contribution in [0.2, 0.25) is 10.0 Å². The molecule has 1 N–H and O–H groups in total. The topological polar surface area (TPSA) is 84.6 Å². The number of non-ortho nitro benzene ring substituents is 1. The minimum Gasteiger partial charge on any atom is -0.267 e. The van der Waals surface area contributed by atoms with E-state index < -0.39 is 10.8 Å². The summed E-state index contributed by atoms with van der Waals surface area (Å²) in [6.45, 7) is 1.99. The van der Waals surface area contributed by atoms with E-state index in [0.717, 1.165) is 15.4 Å². The van der Waals surface area contributed by atoms with Gasteiger partial charge in [-0.2, -0.15) is 5.10 Å². The molecule has 0 radical (unpaired) electrons. The molecule has 0 heterocycles. The molecule has 0 fully saturated rings. The molecule has 30 heavy (non-hydrogen) atoms. The third-order valence-electron chi connectivity index (χ3n) is 4.00. The van der Waals surface area contributed by atoms with Crippen LogP contribution in [0.1, 0.15) is 21.5 Å². The van der Waals surface area contributed by atoms with Crippen molar-refractivity contribution < 1.29 is 9.72 Å². The van der Waals surface area contributed by atoms with Gasteiger partial charge in [0.05, 0.1) is 21.7 Å². The van der Waals surface area contributed by atoms with Crippen LogP contribution in [0.5, 0.6) is 0 Å². The zero-order valence-electron chi connectivity index (χ0n) is 15.6. The number of hydrazone groups is 1. The lowest BCUT2D eigenvalue weighted by Crippen LogP contribution is -2.18. The van der Waals surface area contributed by atoms with Crippen molar-refractivity contribution in [2.24, 2.45) is 5.10 Å². The Morgan fingerprint density at radius 1 is 1.10 bits per heavy atom. The third-order valence-corrected chi connectivity index (χ3v) is 5.65. The molecule has 0 aromatic heterocycles. The Morgan fingerprint density at radius 2 is 1.83 bits per heavy atom. The predicted octanol–water partition coefficient (Wildman–Crippen LogP) is 6.13. The highest BCUT2D eigenvalue weighted by atomic mass is 35.5. The number of hydrogen-bond donors (Lipinski definition) is 1. The van der Waals surface area contributed by atoms with Gasteiger partial charge in [-0.1, -0.05) is 52.7 Å². The molecule has 0 atom stereocenters. The number of carbonyl (C=O) groups excluding carboxylic acids is 1. The van der Waals surface area contributed by atoms with Crippen molar-refractivity contribution >= 4 is 52.8 Å². The second-order valence-electron chi connectivity index (χ2n) is 6.22. The first kappa shape index (κ1) is 21.8. The lowest BCUT2D eigenvalue weighted by atomic mass is 10.2. The fourth-order valence-electron chi connectivity index (χ4n) is 2.47. The van der Waals surface area contributed by atoms with Gasteiger partial charge in [0.15, 0.2) is 0 Å². The van der Waals surface area contributed by atoms with E-state index in [1.54, 1.807) is 12.1 Å². The van der Waals surface area contributed by atoms with Crippen molar-refractivity contribution in [2.75, 3.05) is 0 Å². The Labute approximate surface area is 187 Å². The molecule has 0 spiro atoms. The van der Waals surface area contributed by atoms with E-state index in [2.05, 4.69) is 10.5 Å². The standard InChI is InChI=1S/C21H15Cl2N3O3S/c1-13-2-6-17(7-3-13)30-20-9-5-16(26(28)29)10-14(20)12-24-25-21(27)18-8-4-15(22)11-19(18)23/h2-12H,1H3,(H,25,27)/b24-12+. The van der Waals surface area contributed by atoms with E-state index in [1.165, 1.54) is 42.2 Å². The van der Waals surface area contributed by atoms with E-state index >= 15 is 0 Å². The summed E-state index contributed by atoms with van der Waals surface area (Å²) in [5, 5.41) is 15.7. The molecule has 1 amide bonds. The van der Waals surface area contributed by atoms with Crippen LogP contribution >= 0.6 is 35.0 Å². The van der Waals surface area contributed by atoms with Crippen molar-refractivity contribution in [1.29, 1.82) is 0 Å². The average Bonchev–Trinajstić information content (AvgIpc) is 2.70. The number of nitrogens with one attached hydrogen (secondary N) is 1. The summed E-state index contributed by atoms with van der Waals surface area (Å²) in [6, 6.07) is 16.9. The lowest BCUT2D eigenvalue weighted by molar-refractivity contribution is -0.384. The van der Waals surface area contributed by atoms with Crippen molar-refractivity contribution in [2.45, 2.75) is 16.7 Å². The Hall–Kier alpha value is -2.87. The first-order valence-corrected chi connectivity index (χ1v) is 10.2. The molecule has 0 aliphatic heterocycles. The molecule has 0 aliphatic rings. The lowest BCUT2D eigenvalue weighted by Gasteiger charge is -2.07. The third kappa shape index (κ3) is 5.60. The number of benzene rings is 3. The summed E-state index contributed by atoms with van der Waals surface area (Å²) in [7, 11) is 0. The fraction of sp³-hybridized carbons (Fsp3) is 0.0476. The average molecular weight is 460 g/mol. The van der Waals surface area contributed by atoms with Crippen LogP contribution in [-0.4, -0.2) is 17.0 Å². The van der Waals surface area contributed by atoms with Gasteiger partial charge in [-0.3, -0.25) is 14.9 Å². The van der Waals surface area contributed by atoms with E-state index in [4.69, 9.17) is 23.2 Å². The summed E-state index contributed by atoms with van der Waals surface area (Å²) in [4.78, 5) is 24.7. The van der Waals surface area contributed by atoms with Crippen LogP contribution in [0, 0.1) is 17.0 Å². The van der Waals surface area contributed by atoms with Crippen LogP contribution in [0.3, 0.4) is 0 Å². The first-order chi connectivity index (χ1) is 14.3. The molecule has 152 valence electrons. The monoisotopic (exact) mass is 459 g/mol. The van der Waals surface area contributed by atoms with E-state index in [1.807, 2.05) is 31.2 Å². The molecule has 3 rings (SSSR count). The van der Waals surface area contributed by atoms with E-state index in [-0.39, 0.29) is 16.3 Å². The molecular weight excluding hydrogens is 445 g/mol. The maximum absolute atomic E-state index is 12.3. The maximum atomic E-state index is 12.3. The smallest absolute Gasteiger partial charge is 0.267 e.